The Balaban J connectivity index is 2.65. The summed E-state index contributed by atoms with van der Waals surface area (Å²) in [6, 6.07) is 0. The first-order valence-corrected chi connectivity index (χ1v) is 4.14. The summed E-state index contributed by atoms with van der Waals surface area (Å²) < 4.78 is 0. The molecule has 2 unspecified atom stereocenters. The van der Waals surface area contributed by atoms with Crippen LogP contribution in [0, 0.1) is 16.7 Å². The highest BCUT2D eigenvalue weighted by atomic mass is 14.7. The van der Waals surface area contributed by atoms with Crippen molar-refractivity contribution in [3.63, 3.8) is 0 Å². The predicted molar refractivity (Wildman–Crippen MR) is 44.7 cm³/mol. The first kappa shape index (κ1) is 8.06. The molecule has 0 radical (unpaired) electrons. The highest BCUT2D eigenvalue weighted by Crippen LogP contribution is 2.62. The molecular weight excluding hydrogens is 122 g/mol. The van der Waals surface area contributed by atoms with E-state index in [0.29, 0.717) is 10.8 Å². The van der Waals surface area contributed by atoms with E-state index in [1.54, 1.807) is 0 Å². The minimum absolute atomic E-state index is 0.340. The van der Waals surface area contributed by atoms with Gasteiger partial charge < -0.3 is 5.73 Å². The average Bonchev–Trinajstić information content (AvgIpc) is 2.43. The Bertz CT molecular complexity index is 132. The second-order valence-corrected chi connectivity index (χ2v) is 4.61. The van der Waals surface area contributed by atoms with Gasteiger partial charge in [-0.2, -0.15) is 0 Å². The summed E-state index contributed by atoms with van der Waals surface area (Å²) in [7, 11) is 0. The Labute approximate surface area is 64.0 Å². The van der Waals surface area contributed by atoms with Crippen LogP contribution in [0.4, 0.5) is 0 Å². The summed E-state index contributed by atoms with van der Waals surface area (Å²) in [5, 5.41) is 0. The Kier molecular flexibility index (Phi) is 1.59. The van der Waals surface area contributed by atoms with E-state index >= 15 is 0 Å². The van der Waals surface area contributed by atoms with Crippen LogP contribution in [0.1, 0.15) is 34.1 Å². The van der Waals surface area contributed by atoms with Crippen LogP contribution in [0.2, 0.25) is 0 Å². The number of hydrogen-bond acceptors (Lipinski definition) is 1. The van der Waals surface area contributed by atoms with E-state index < -0.39 is 0 Å². The molecule has 1 heteroatoms. The van der Waals surface area contributed by atoms with Crippen molar-refractivity contribution in [3.05, 3.63) is 0 Å². The van der Waals surface area contributed by atoms with Crippen LogP contribution in [0.3, 0.4) is 0 Å². The van der Waals surface area contributed by atoms with Gasteiger partial charge in [0.15, 0.2) is 0 Å². The second kappa shape index (κ2) is 1.97. The molecule has 0 spiro atoms. The van der Waals surface area contributed by atoms with E-state index in [1.807, 2.05) is 0 Å². The summed E-state index contributed by atoms with van der Waals surface area (Å²) in [6.45, 7) is 10.0. The van der Waals surface area contributed by atoms with Crippen LogP contribution in [0.25, 0.3) is 0 Å². The van der Waals surface area contributed by atoms with Gasteiger partial charge in [-0.15, -0.1) is 0 Å². The third-order valence-corrected chi connectivity index (χ3v) is 3.71. The standard InChI is InChI=1S/C9H19N/c1-7-5-9(7,4)8(2,3)6-10/h7H,5-6,10H2,1-4H3. The molecule has 0 amide bonds. The number of rotatable bonds is 2. The lowest BCUT2D eigenvalue weighted by atomic mass is 9.76. The van der Waals surface area contributed by atoms with Gasteiger partial charge in [-0.1, -0.05) is 27.7 Å². The molecule has 0 saturated heterocycles. The van der Waals surface area contributed by atoms with E-state index in [4.69, 9.17) is 5.73 Å². The maximum absolute atomic E-state index is 5.69. The third kappa shape index (κ3) is 0.878. The molecule has 0 aliphatic heterocycles. The van der Waals surface area contributed by atoms with E-state index in [9.17, 15) is 0 Å². The number of hydrogen-bond donors (Lipinski definition) is 1. The lowest BCUT2D eigenvalue weighted by molar-refractivity contribution is 0.200. The molecule has 1 rings (SSSR count). The largest absolute Gasteiger partial charge is 0.330 e. The van der Waals surface area contributed by atoms with Gasteiger partial charge in [0.25, 0.3) is 0 Å². The van der Waals surface area contributed by atoms with Gasteiger partial charge in [0.2, 0.25) is 0 Å². The summed E-state index contributed by atoms with van der Waals surface area (Å²) in [5.74, 6) is 0.881. The van der Waals surface area contributed by atoms with Crippen LogP contribution < -0.4 is 5.73 Å². The molecular formula is C9H19N. The lowest BCUT2D eigenvalue weighted by Gasteiger charge is -2.31. The van der Waals surface area contributed by atoms with Crippen molar-refractivity contribution in [2.75, 3.05) is 6.54 Å². The third-order valence-electron chi connectivity index (χ3n) is 3.71. The first-order chi connectivity index (χ1) is 4.44. The quantitative estimate of drug-likeness (QED) is 0.625. The van der Waals surface area contributed by atoms with E-state index in [1.165, 1.54) is 6.42 Å². The minimum atomic E-state index is 0.340. The first-order valence-electron chi connectivity index (χ1n) is 4.14. The second-order valence-electron chi connectivity index (χ2n) is 4.61. The Morgan fingerprint density at radius 1 is 1.60 bits per heavy atom. The molecule has 1 saturated carbocycles. The van der Waals surface area contributed by atoms with Gasteiger partial charge in [0.05, 0.1) is 0 Å². The maximum atomic E-state index is 5.69. The number of nitrogens with two attached hydrogens (primary N) is 1. The molecule has 1 aliphatic carbocycles. The predicted octanol–water partition coefficient (Wildman–Crippen LogP) is 2.02. The Hall–Kier alpha value is -0.0400. The molecule has 0 bridgehead atoms. The molecule has 0 aromatic heterocycles. The SMILES string of the molecule is CC1CC1(C)C(C)(C)CN. The fourth-order valence-electron chi connectivity index (χ4n) is 1.75. The van der Waals surface area contributed by atoms with Gasteiger partial charge in [-0.25, -0.2) is 0 Å². The molecule has 0 aromatic rings. The topological polar surface area (TPSA) is 26.0 Å². The van der Waals surface area contributed by atoms with Gasteiger partial charge in [-0.3, -0.25) is 0 Å². The van der Waals surface area contributed by atoms with Gasteiger partial charge in [-0.05, 0) is 29.7 Å². The zero-order chi connectivity index (χ0) is 7.99. The summed E-state index contributed by atoms with van der Waals surface area (Å²) in [5.41, 5.74) is 6.56. The molecule has 60 valence electrons. The van der Waals surface area contributed by atoms with E-state index in [0.717, 1.165) is 12.5 Å². The van der Waals surface area contributed by atoms with Crippen molar-refractivity contribution >= 4 is 0 Å². The van der Waals surface area contributed by atoms with Crippen LogP contribution in [0.5, 0.6) is 0 Å². The fourth-order valence-corrected chi connectivity index (χ4v) is 1.75. The van der Waals surface area contributed by atoms with Crippen molar-refractivity contribution in [3.8, 4) is 0 Å². The van der Waals surface area contributed by atoms with Crippen LogP contribution >= 0.6 is 0 Å². The average molecular weight is 141 g/mol. The zero-order valence-electron chi connectivity index (χ0n) is 7.57. The normalized spacial score (nSPS) is 39.9. The molecule has 0 aromatic carbocycles. The molecule has 2 N–H and O–H groups in total. The lowest BCUT2D eigenvalue weighted by Crippen LogP contribution is -2.32. The summed E-state index contributed by atoms with van der Waals surface area (Å²) in [4.78, 5) is 0. The smallest absolute Gasteiger partial charge is 0.00205 e. The highest BCUT2D eigenvalue weighted by molar-refractivity contribution is 5.05. The maximum Gasteiger partial charge on any atom is -0.00205 e. The van der Waals surface area contributed by atoms with Gasteiger partial charge >= 0.3 is 0 Å². The monoisotopic (exact) mass is 141 g/mol. The molecule has 1 fully saturated rings. The van der Waals surface area contributed by atoms with Crippen molar-refractivity contribution < 1.29 is 0 Å². The van der Waals surface area contributed by atoms with Crippen LogP contribution in [0.15, 0.2) is 0 Å². The van der Waals surface area contributed by atoms with Crippen molar-refractivity contribution in [2.45, 2.75) is 34.1 Å². The zero-order valence-corrected chi connectivity index (χ0v) is 7.57. The minimum Gasteiger partial charge on any atom is -0.330 e. The van der Waals surface area contributed by atoms with Crippen molar-refractivity contribution in [1.29, 1.82) is 0 Å². The van der Waals surface area contributed by atoms with Crippen LogP contribution in [-0.2, 0) is 0 Å². The van der Waals surface area contributed by atoms with E-state index in [-0.39, 0.29) is 0 Å². The molecule has 1 aliphatic rings. The molecule has 1 nitrogen and oxygen atoms in total. The Morgan fingerprint density at radius 3 is 2.10 bits per heavy atom. The van der Waals surface area contributed by atoms with Crippen molar-refractivity contribution in [1.82, 2.24) is 0 Å². The molecule has 10 heavy (non-hydrogen) atoms. The van der Waals surface area contributed by atoms with Gasteiger partial charge in [0, 0.05) is 0 Å². The van der Waals surface area contributed by atoms with Crippen molar-refractivity contribution in [2.24, 2.45) is 22.5 Å². The van der Waals surface area contributed by atoms with Crippen LogP contribution in [-0.4, -0.2) is 6.54 Å². The highest BCUT2D eigenvalue weighted by Gasteiger charge is 2.55. The summed E-state index contributed by atoms with van der Waals surface area (Å²) in [6.07, 6.45) is 1.36. The Morgan fingerprint density at radius 2 is 2.00 bits per heavy atom. The van der Waals surface area contributed by atoms with E-state index in [2.05, 4.69) is 27.7 Å². The molecule has 2 atom stereocenters. The fraction of sp³-hybridized carbons (Fsp3) is 1.00. The summed E-state index contributed by atoms with van der Waals surface area (Å²) >= 11 is 0. The molecule has 0 heterocycles. The van der Waals surface area contributed by atoms with Gasteiger partial charge in [0.1, 0.15) is 0 Å².